The van der Waals surface area contributed by atoms with Gasteiger partial charge in [-0.05, 0) is 26.9 Å². The van der Waals surface area contributed by atoms with E-state index in [1.807, 2.05) is 14.1 Å². The molecule has 0 saturated heterocycles. The average Bonchev–Trinajstić information content (AvgIpc) is 1.99. The Morgan fingerprint density at radius 1 is 1.46 bits per heavy atom. The van der Waals surface area contributed by atoms with Gasteiger partial charge in [0.15, 0.2) is 0 Å². The minimum absolute atomic E-state index is 0.0232. The van der Waals surface area contributed by atoms with Crippen molar-refractivity contribution >= 4 is 6.09 Å². The summed E-state index contributed by atoms with van der Waals surface area (Å²) in [4.78, 5) is 12.6. The molecule has 0 aromatic heterocycles. The third-order valence-corrected chi connectivity index (χ3v) is 1.79. The number of primary amides is 1. The topological polar surface area (TPSA) is 55.6 Å². The predicted octanol–water partition coefficient (Wildman–Crippen LogP) is 1.20. The van der Waals surface area contributed by atoms with E-state index in [1.165, 1.54) is 0 Å². The van der Waals surface area contributed by atoms with Crippen LogP contribution in [-0.2, 0) is 4.74 Å². The zero-order valence-corrected chi connectivity index (χ0v) is 8.75. The van der Waals surface area contributed by atoms with Crippen LogP contribution in [0, 0.1) is 0 Å². The van der Waals surface area contributed by atoms with E-state index in [0.29, 0.717) is 0 Å². The lowest BCUT2D eigenvalue weighted by atomic mass is 10.1. The Morgan fingerprint density at radius 2 is 2.08 bits per heavy atom. The Bertz CT molecular complexity index is 149. The van der Waals surface area contributed by atoms with E-state index in [4.69, 9.17) is 10.5 Å². The second-order valence-electron chi connectivity index (χ2n) is 3.44. The van der Waals surface area contributed by atoms with Crippen LogP contribution in [0.2, 0.25) is 0 Å². The Labute approximate surface area is 80.0 Å². The van der Waals surface area contributed by atoms with Crippen LogP contribution in [0.4, 0.5) is 4.79 Å². The van der Waals surface area contributed by atoms with Gasteiger partial charge in [0.1, 0.15) is 6.10 Å². The quantitative estimate of drug-likeness (QED) is 0.681. The molecule has 4 nitrogen and oxygen atoms in total. The van der Waals surface area contributed by atoms with Gasteiger partial charge < -0.3 is 15.4 Å². The number of carbonyl (C=O) groups is 1. The van der Waals surface area contributed by atoms with Gasteiger partial charge in [0.2, 0.25) is 0 Å². The summed E-state index contributed by atoms with van der Waals surface area (Å²) in [5, 5.41) is 0. The van der Waals surface area contributed by atoms with E-state index in [1.54, 1.807) is 0 Å². The maximum Gasteiger partial charge on any atom is 0.404 e. The van der Waals surface area contributed by atoms with Crippen LogP contribution < -0.4 is 5.73 Å². The van der Waals surface area contributed by atoms with Gasteiger partial charge in [-0.1, -0.05) is 13.3 Å². The zero-order valence-electron chi connectivity index (χ0n) is 8.75. The molecule has 4 heteroatoms. The minimum atomic E-state index is -0.669. The molecular formula is C9H20N2O2. The summed E-state index contributed by atoms with van der Waals surface area (Å²) in [5.74, 6) is 0. The standard InChI is InChI=1S/C9H20N2O2/c1-4-5-8(13-9(10)12)6-7-11(2)3/h8H,4-7H2,1-3H3,(H2,10,12). The number of hydrogen-bond donors (Lipinski definition) is 1. The van der Waals surface area contributed by atoms with Gasteiger partial charge >= 0.3 is 6.09 Å². The third-order valence-electron chi connectivity index (χ3n) is 1.79. The van der Waals surface area contributed by atoms with E-state index in [2.05, 4.69) is 11.8 Å². The summed E-state index contributed by atoms with van der Waals surface area (Å²) in [6, 6.07) is 0. The van der Waals surface area contributed by atoms with Crippen molar-refractivity contribution in [2.45, 2.75) is 32.3 Å². The number of rotatable bonds is 6. The van der Waals surface area contributed by atoms with Crippen molar-refractivity contribution in [2.75, 3.05) is 20.6 Å². The van der Waals surface area contributed by atoms with Crippen LogP contribution in [0.3, 0.4) is 0 Å². The molecule has 0 aliphatic carbocycles. The maximum atomic E-state index is 10.5. The first-order valence-corrected chi connectivity index (χ1v) is 4.67. The van der Waals surface area contributed by atoms with Crippen LogP contribution in [0.1, 0.15) is 26.2 Å². The van der Waals surface area contributed by atoms with E-state index in [0.717, 1.165) is 25.8 Å². The summed E-state index contributed by atoms with van der Waals surface area (Å²) in [6.07, 6.45) is 2.05. The van der Waals surface area contributed by atoms with E-state index in [-0.39, 0.29) is 6.10 Å². The van der Waals surface area contributed by atoms with Gasteiger partial charge in [0.05, 0.1) is 0 Å². The molecular weight excluding hydrogens is 168 g/mol. The lowest BCUT2D eigenvalue weighted by Gasteiger charge is -2.18. The molecule has 0 heterocycles. The largest absolute Gasteiger partial charge is 0.446 e. The SMILES string of the molecule is CCCC(CCN(C)C)OC(N)=O. The number of amides is 1. The van der Waals surface area contributed by atoms with Gasteiger partial charge in [0, 0.05) is 6.54 Å². The number of hydrogen-bond acceptors (Lipinski definition) is 3. The van der Waals surface area contributed by atoms with Crippen LogP contribution in [0.15, 0.2) is 0 Å². The molecule has 0 rings (SSSR count). The van der Waals surface area contributed by atoms with E-state index < -0.39 is 6.09 Å². The molecule has 1 atom stereocenters. The van der Waals surface area contributed by atoms with Crippen LogP contribution in [-0.4, -0.2) is 37.7 Å². The molecule has 0 fully saturated rings. The fraction of sp³-hybridized carbons (Fsp3) is 0.889. The number of nitrogens with zero attached hydrogens (tertiary/aromatic N) is 1. The lowest BCUT2D eigenvalue weighted by molar-refractivity contribution is 0.0903. The highest BCUT2D eigenvalue weighted by molar-refractivity contribution is 5.64. The molecule has 0 bridgehead atoms. The minimum Gasteiger partial charge on any atom is -0.446 e. The van der Waals surface area contributed by atoms with Crippen molar-refractivity contribution in [1.29, 1.82) is 0 Å². The maximum absolute atomic E-state index is 10.5. The highest BCUT2D eigenvalue weighted by Gasteiger charge is 2.11. The summed E-state index contributed by atoms with van der Waals surface area (Å²) < 4.78 is 4.95. The Kier molecular flexibility index (Phi) is 6.32. The first-order valence-electron chi connectivity index (χ1n) is 4.67. The predicted molar refractivity (Wildman–Crippen MR) is 52.5 cm³/mol. The molecule has 0 radical (unpaired) electrons. The second kappa shape index (κ2) is 6.71. The fourth-order valence-electron chi connectivity index (χ4n) is 1.15. The molecule has 1 unspecified atom stereocenters. The summed E-state index contributed by atoms with van der Waals surface area (Å²) in [6.45, 7) is 2.98. The fourth-order valence-corrected chi connectivity index (χ4v) is 1.15. The summed E-state index contributed by atoms with van der Waals surface area (Å²) >= 11 is 0. The monoisotopic (exact) mass is 188 g/mol. The lowest BCUT2D eigenvalue weighted by Crippen LogP contribution is -2.26. The molecule has 0 aromatic carbocycles. The molecule has 1 amide bonds. The molecule has 13 heavy (non-hydrogen) atoms. The van der Waals surface area contributed by atoms with Gasteiger partial charge in [-0.3, -0.25) is 0 Å². The van der Waals surface area contributed by atoms with Crippen LogP contribution >= 0.6 is 0 Å². The molecule has 0 spiro atoms. The summed E-state index contributed by atoms with van der Waals surface area (Å²) in [5.41, 5.74) is 4.96. The number of carbonyl (C=O) groups excluding carboxylic acids is 1. The normalized spacial score (nSPS) is 12.9. The van der Waals surface area contributed by atoms with Gasteiger partial charge in [-0.15, -0.1) is 0 Å². The molecule has 0 saturated carbocycles. The molecule has 0 aromatic rings. The van der Waals surface area contributed by atoms with Crippen LogP contribution in [0.5, 0.6) is 0 Å². The molecule has 78 valence electrons. The van der Waals surface area contributed by atoms with E-state index in [9.17, 15) is 4.79 Å². The Balaban J connectivity index is 3.72. The third kappa shape index (κ3) is 7.59. The van der Waals surface area contributed by atoms with Gasteiger partial charge in [0.25, 0.3) is 0 Å². The van der Waals surface area contributed by atoms with Crippen molar-refractivity contribution in [3.63, 3.8) is 0 Å². The van der Waals surface area contributed by atoms with Crippen molar-refractivity contribution < 1.29 is 9.53 Å². The van der Waals surface area contributed by atoms with Crippen molar-refractivity contribution in [1.82, 2.24) is 4.90 Å². The van der Waals surface area contributed by atoms with Crippen molar-refractivity contribution in [2.24, 2.45) is 5.73 Å². The molecule has 2 N–H and O–H groups in total. The van der Waals surface area contributed by atoms with Crippen molar-refractivity contribution in [3.05, 3.63) is 0 Å². The summed E-state index contributed by atoms with van der Waals surface area (Å²) in [7, 11) is 3.99. The first-order chi connectivity index (χ1) is 6.06. The zero-order chi connectivity index (χ0) is 10.3. The Hall–Kier alpha value is -0.770. The van der Waals surface area contributed by atoms with Gasteiger partial charge in [-0.2, -0.15) is 0 Å². The van der Waals surface area contributed by atoms with Gasteiger partial charge in [-0.25, -0.2) is 4.79 Å². The highest BCUT2D eigenvalue weighted by atomic mass is 16.6. The average molecular weight is 188 g/mol. The first kappa shape index (κ1) is 12.2. The molecule has 0 aliphatic heterocycles. The van der Waals surface area contributed by atoms with Crippen molar-refractivity contribution in [3.8, 4) is 0 Å². The second-order valence-corrected chi connectivity index (χ2v) is 3.44. The molecule has 0 aliphatic rings. The number of nitrogens with two attached hydrogens (primary N) is 1. The van der Waals surface area contributed by atoms with Crippen LogP contribution in [0.25, 0.3) is 0 Å². The Morgan fingerprint density at radius 3 is 2.46 bits per heavy atom. The number of ether oxygens (including phenoxy) is 1. The smallest absolute Gasteiger partial charge is 0.404 e. The highest BCUT2D eigenvalue weighted by Crippen LogP contribution is 2.07. The van der Waals surface area contributed by atoms with E-state index >= 15 is 0 Å².